The van der Waals surface area contributed by atoms with Gasteiger partial charge in [0.25, 0.3) is 0 Å². The first-order chi connectivity index (χ1) is 7.16. The Balaban J connectivity index is 2.15. The largest absolute Gasteiger partial charge is 0.356 e. The molecule has 1 saturated heterocycles. The number of pyridine rings is 1. The Morgan fingerprint density at radius 2 is 2.00 bits per heavy atom. The van der Waals surface area contributed by atoms with E-state index < -0.39 is 0 Å². The van der Waals surface area contributed by atoms with Crippen molar-refractivity contribution in [1.29, 1.82) is 0 Å². The summed E-state index contributed by atoms with van der Waals surface area (Å²) >= 11 is 13.0. The van der Waals surface area contributed by atoms with E-state index in [1.165, 1.54) is 0 Å². The fraction of sp³-hybridized carbons (Fsp3) is 0.500. The van der Waals surface area contributed by atoms with Gasteiger partial charge in [-0.05, 0) is 50.8 Å². The normalized spacial score (nSPS) is 18.2. The van der Waals surface area contributed by atoms with Crippen LogP contribution in [0.2, 0.25) is 0 Å². The van der Waals surface area contributed by atoms with E-state index in [4.69, 9.17) is 11.6 Å². The molecule has 15 heavy (non-hydrogen) atoms. The molecule has 0 unspecified atom stereocenters. The molecule has 0 N–H and O–H groups in total. The molecule has 0 radical (unpaired) electrons. The van der Waals surface area contributed by atoms with E-state index in [1.807, 2.05) is 12.3 Å². The van der Waals surface area contributed by atoms with Crippen LogP contribution >= 0.6 is 43.5 Å². The molecule has 1 fully saturated rings. The molecule has 2 heterocycles. The van der Waals surface area contributed by atoms with E-state index in [2.05, 4.69) is 41.7 Å². The predicted octanol–water partition coefficient (Wildman–Crippen LogP) is 3.81. The van der Waals surface area contributed by atoms with Crippen molar-refractivity contribution in [2.45, 2.75) is 18.2 Å². The van der Waals surface area contributed by atoms with Gasteiger partial charge in [0.15, 0.2) is 0 Å². The Kier molecular flexibility index (Phi) is 3.91. The van der Waals surface area contributed by atoms with Crippen molar-refractivity contribution < 1.29 is 0 Å². The molecule has 2 rings (SSSR count). The van der Waals surface area contributed by atoms with Crippen molar-refractivity contribution in [3.8, 4) is 0 Å². The Bertz CT molecular complexity index is 351. The average molecular weight is 354 g/mol. The van der Waals surface area contributed by atoms with Crippen molar-refractivity contribution in [3.63, 3.8) is 0 Å². The van der Waals surface area contributed by atoms with Gasteiger partial charge in [0, 0.05) is 29.1 Å². The third-order valence-electron chi connectivity index (χ3n) is 2.51. The van der Waals surface area contributed by atoms with Gasteiger partial charge < -0.3 is 4.90 Å². The highest BCUT2D eigenvalue weighted by Crippen LogP contribution is 2.29. The smallest absolute Gasteiger partial charge is 0.142 e. The number of aromatic nitrogens is 1. The molecule has 5 heteroatoms. The summed E-state index contributed by atoms with van der Waals surface area (Å²) in [5.41, 5.74) is 0. The summed E-state index contributed by atoms with van der Waals surface area (Å²) in [7, 11) is 0. The van der Waals surface area contributed by atoms with Crippen LogP contribution in [0, 0.1) is 0 Å². The van der Waals surface area contributed by atoms with Gasteiger partial charge in [-0.1, -0.05) is 0 Å². The number of nitrogens with zero attached hydrogens (tertiary/aromatic N) is 2. The molecule has 1 aliphatic heterocycles. The molecule has 0 aliphatic carbocycles. The highest BCUT2D eigenvalue weighted by molar-refractivity contribution is 9.11. The lowest BCUT2D eigenvalue weighted by atomic mass is 10.1. The van der Waals surface area contributed by atoms with Gasteiger partial charge in [0.2, 0.25) is 0 Å². The topological polar surface area (TPSA) is 16.1 Å². The summed E-state index contributed by atoms with van der Waals surface area (Å²) in [6, 6.07) is 2.02. The summed E-state index contributed by atoms with van der Waals surface area (Å²) < 4.78 is 2.02. The van der Waals surface area contributed by atoms with E-state index in [-0.39, 0.29) is 0 Å². The molecule has 1 aromatic rings. The lowest BCUT2D eigenvalue weighted by Crippen LogP contribution is -2.34. The first-order valence-electron chi connectivity index (χ1n) is 4.87. The van der Waals surface area contributed by atoms with E-state index in [0.717, 1.165) is 40.7 Å². The maximum atomic E-state index is 6.07. The minimum atomic E-state index is 0.329. The first-order valence-corrected chi connectivity index (χ1v) is 6.89. The minimum absolute atomic E-state index is 0.329. The zero-order valence-corrected chi connectivity index (χ0v) is 12.0. The summed E-state index contributed by atoms with van der Waals surface area (Å²) in [5.74, 6) is 1.02. The number of hydrogen-bond acceptors (Lipinski definition) is 2. The van der Waals surface area contributed by atoms with Gasteiger partial charge in [-0.25, -0.2) is 4.98 Å². The Hall–Kier alpha value is 0.200. The van der Waals surface area contributed by atoms with E-state index >= 15 is 0 Å². The number of halogens is 3. The van der Waals surface area contributed by atoms with Gasteiger partial charge >= 0.3 is 0 Å². The summed E-state index contributed by atoms with van der Waals surface area (Å²) in [4.78, 5) is 6.69. The Morgan fingerprint density at radius 3 is 2.60 bits per heavy atom. The number of hydrogen-bond donors (Lipinski definition) is 0. The maximum absolute atomic E-state index is 6.07. The van der Waals surface area contributed by atoms with Crippen molar-refractivity contribution in [1.82, 2.24) is 4.98 Å². The SMILES string of the molecule is ClC1CCN(c2ncc(Br)cc2Br)CC1. The lowest BCUT2D eigenvalue weighted by molar-refractivity contribution is 0.579. The summed E-state index contributed by atoms with van der Waals surface area (Å²) in [6.07, 6.45) is 3.89. The zero-order valence-electron chi connectivity index (χ0n) is 8.09. The zero-order chi connectivity index (χ0) is 10.8. The fourth-order valence-electron chi connectivity index (χ4n) is 1.70. The van der Waals surface area contributed by atoms with Gasteiger partial charge in [0.05, 0.1) is 4.47 Å². The average Bonchev–Trinajstić information content (AvgIpc) is 2.20. The lowest BCUT2D eigenvalue weighted by Gasteiger charge is -2.30. The second-order valence-electron chi connectivity index (χ2n) is 3.62. The van der Waals surface area contributed by atoms with E-state index in [0.29, 0.717) is 5.38 Å². The van der Waals surface area contributed by atoms with Crippen LogP contribution in [-0.4, -0.2) is 23.5 Å². The molecule has 0 atom stereocenters. The van der Waals surface area contributed by atoms with Crippen LogP contribution in [0.1, 0.15) is 12.8 Å². The quantitative estimate of drug-likeness (QED) is 0.713. The maximum Gasteiger partial charge on any atom is 0.142 e. The van der Waals surface area contributed by atoms with Crippen LogP contribution in [-0.2, 0) is 0 Å². The molecule has 0 bridgehead atoms. The summed E-state index contributed by atoms with van der Waals surface area (Å²) in [5, 5.41) is 0.329. The highest BCUT2D eigenvalue weighted by Gasteiger charge is 2.19. The number of rotatable bonds is 1. The van der Waals surface area contributed by atoms with Crippen LogP contribution in [0.15, 0.2) is 21.2 Å². The number of anilines is 1. The fourth-order valence-corrected chi connectivity index (χ4v) is 3.13. The summed E-state index contributed by atoms with van der Waals surface area (Å²) in [6.45, 7) is 1.97. The van der Waals surface area contributed by atoms with Gasteiger partial charge in [-0.3, -0.25) is 0 Å². The monoisotopic (exact) mass is 352 g/mol. The van der Waals surface area contributed by atoms with Crippen LogP contribution in [0.4, 0.5) is 5.82 Å². The van der Waals surface area contributed by atoms with Gasteiger partial charge in [0.1, 0.15) is 5.82 Å². The molecular weight excluding hydrogens is 343 g/mol. The van der Waals surface area contributed by atoms with Crippen molar-refractivity contribution >= 4 is 49.3 Å². The molecular formula is C10H11Br2ClN2. The first kappa shape index (κ1) is 11.7. The molecule has 2 nitrogen and oxygen atoms in total. The Morgan fingerprint density at radius 1 is 1.33 bits per heavy atom. The third kappa shape index (κ3) is 2.86. The predicted molar refractivity (Wildman–Crippen MR) is 70.7 cm³/mol. The van der Waals surface area contributed by atoms with E-state index in [1.54, 1.807) is 0 Å². The number of piperidine rings is 1. The molecule has 0 amide bonds. The Labute approximate surface area is 111 Å². The van der Waals surface area contributed by atoms with Crippen LogP contribution in [0.3, 0.4) is 0 Å². The highest BCUT2D eigenvalue weighted by atomic mass is 79.9. The molecule has 0 aromatic carbocycles. The van der Waals surface area contributed by atoms with E-state index in [9.17, 15) is 0 Å². The third-order valence-corrected chi connectivity index (χ3v) is 3.97. The standard InChI is InChI=1S/C10H11Br2ClN2/c11-7-5-9(12)10(14-6-7)15-3-1-8(13)2-4-15/h5-6,8H,1-4H2. The molecule has 0 spiro atoms. The number of alkyl halides is 1. The van der Waals surface area contributed by atoms with Gasteiger partial charge in [-0.2, -0.15) is 0 Å². The van der Waals surface area contributed by atoms with Crippen molar-refractivity contribution in [2.75, 3.05) is 18.0 Å². The van der Waals surface area contributed by atoms with Gasteiger partial charge in [-0.15, -0.1) is 11.6 Å². The molecule has 82 valence electrons. The molecule has 0 saturated carbocycles. The van der Waals surface area contributed by atoms with Crippen molar-refractivity contribution in [2.24, 2.45) is 0 Å². The molecule has 1 aliphatic rings. The molecule has 1 aromatic heterocycles. The van der Waals surface area contributed by atoms with Crippen LogP contribution in [0.25, 0.3) is 0 Å². The second kappa shape index (κ2) is 5.02. The van der Waals surface area contributed by atoms with Crippen LogP contribution in [0.5, 0.6) is 0 Å². The van der Waals surface area contributed by atoms with Crippen molar-refractivity contribution in [3.05, 3.63) is 21.2 Å². The van der Waals surface area contributed by atoms with Crippen LogP contribution < -0.4 is 4.90 Å². The minimum Gasteiger partial charge on any atom is -0.356 e. The second-order valence-corrected chi connectivity index (χ2v) is 6.01.